The third kappa shape index (κ3) is 18.7. The molecule has 0 spiro atoms. The molecule has 2 nitrogen and oxygen atoms in total. The molecule has 0 aliphatic rings. The van der Waals surface area contributed by atoms with Crippen molar-refractivity contribution in [2.24, 2.45) is 0 Å². The van der Waals surface area contributed by atoms with Crippen molar-refractivity contribution in [2.75, 3.05) is 6.61 Å². The lowest BCUT2D eigenvalue weighted by Crippen LogP contribution is -1.98. The van der Waals surface area contributed by atoms with Gasteiger partial charge < -0.3 is 4.74 Å². The molecule has 0 aromatic heterocycles. The lowest BCUT2D eigenvalue weighted by molar-refractivity contribution is -0.137. The maximum atomic E-state index is 11.1. The monoisotopic (exact) mass is 334 g/mol. The highest BCUT2D eigenvalue weighted by atomic mass is 16.5. The number of allylic oxidation sites excluding steroid dienone is 5. The summed E-state index contributed by atoms with van der Waals surface area (Å²) in [6.07, 6.45) is 27.5. The number of unbranched alkanes of at least 4 members (excludes halogenated alkanes) is 9. The molecule has 0 saturated heterocycles. The van der Waals surface area contributed by atoms with Crippen molar-refractivity contribution in [1.82, 2.24) is 0 Å². The highest BCUT2D eigenvalue weighted by Gasteiger charge is 1.91. The van der Waals surface area contributed by atoms with Crippen molar-refractivity contribution in [3.8, 4) is 0 Å². The molecule has 0 aliphatic heterocycles. The van der Waals surface area contributed by atoms with Gasteiger partial charge in [-0.25, -0.2) is 4.79 Å². The quantitative estimate of drug-likeness (QED) is 0.132. The lowest BCUT2D eigenvalue weighted by Gasteiger charge is -2.00. The molecule has 0 unspecified atom stereocenters. The molecular formula is C22H38O2. The highest BCUT2D eigenvalue weighted by Crippen LogP contribution is 2.10. The topological polar surface area (TPSA) is 26.3 Å². The third-order valence-corrected chi connectivity index (χ3v) is 3.89. The molecule has 0 saturated carbocycles. The number of hydrogen-bond donors (Lipinski definition) is 0. The van der Waals surface area contributed by atoms with E-state index in [9.17, 15) is 4.79 Å². The second kappa shape index (κ2) is 19.7. The number of rotatable bonds is 16. The van der Waals surface area contributed by atoms with Crippen molar-refractivity contribution in [2.45, 2.75) is 90.9 Å². The standard InChI is InChI=1S/C22H38O2/c1-3-5-6-7-8-9-10-11-12-13-14-15-16-17-18-19-20-21-22(23)24-4-2/h14-15,17-18,20-21H,3-13,16,19H2,1-2H3. The van der Waals surface area contributed by atoms with Crippen LogP contribution in [-0.2, 0) is 9.53 Å². The normalized spacial score (nSPS) is 11.9. The van der Waals surface area contributed by atoms with E-state index in [2.05, 4.69) is 31.2 Å². The summed E-state index contributed by atoms with van der Waals surface area (Å²) < 4.78 is 4.81. The Morgan fingerprint density at radius 1 is 0.708 bits per heavy atom. The van der Waals surface area contributed by atoms with Crippen molar-refractivity contribution in [3.63, 3.8) is 0 Å². The molecule has 0 aliphatic carbocycles. The van der Waals surface area contributed by atoms with Gasteiger partial charge in [0.25, 0.3) is 0 Å². The molecule has 2 heteroatoms. The van der Waals surface area contributed by atoms with E-state index in [-0.39, 0.29) is 5.97 Å². The first-order valence-electron chi connectivity index (χ1n) is 9.94. The van der Waals surface area contributed by atoms with Crippen LogP contribution in [0.15, 0.2) is 36.5 Å². The van der Waals surface area contributed by atoms with Crippen LogP contribution in [0.1, 0.15) is 90.9 Å². The maximum Gasteiger partial charge on any atom is 0.330 e. The summed E-state index contributed by atoms with van der Waals surface area (Å²) in [6, 6.07) is 0. The molecule has 0 aromatic carbocycles. The average molecular weight is 335 g/mol. The van der Waals surface area contributed by atoms with E-state index in [0.717, 1.165) is 12.8 Å². The van der Waals surface area contributed by atoms with E-state index in [0.29, 0.717) is 6.61 Å². The van der Waals surface area contributed by atoms with Crippen LogP contribution in [0.5, 0.6) is 0 Å². The van der Waals surface area contributed by atoms with Gasteiger partial charge in [-0.1, -0.05) is 88.7 Å². The van der Waals surface area contributed by atoms with Crippen molar-refractivity contribution >= 4 is 5.97 Å². The fourth-order valence-corrected chi connectivity index (χ4v) is 2.49. The highest BCUT2D eigenvalue weighted by molar-refractivity contribution is 5.81. The zero-order valence-corrected chi connectivity index (χ0v) is 16.0. The van der Waals surface area contributed by atoms with E-state index < -0.39 is 0 Å². The number of esters is 1. The SMILES string of the molecule is CCCCCCCCCCCC=CCC=CCC=CC(=O)OCC. The smallest absolute Gasteiger partial charge is 0.330 e. The zero-order valence-electron chi connectivity index (χ0n) is 16.0. The zero-order chi connectivity index (χ0) is 17.7. The molecule has 0 aromatic rings. The Morgan fingerprint density at radius 3 is 1.88 bits per heavy atom. The first-order valence-corrected chi connectivity index (χ1v) is 9.94. The molecule has 138 valence electrons. The molecule has 0 atom stereocenters. The summed E-state index contributed by atoms with van der Waals surface area (Å²) in [5.74, 6) is -0.258. The number of carbonyl (C=O) groups excluding carboxylic acids is 1. The minimum atomic E-state index is -0.258. The van der Waals surface area contributed by atoms with Gasteiger partial charge in [-0.05, 0) is 32.6 Å². The Hall–Kier alpha value is -1.31. The van der Waals surface area contributed by atoms with Crippen molar-refractivity contribution < 1.29 is 9.53 Å². The summed E-state index contributed by atoms with van der Waals surface area (Å²) >= 11 is 0. The van der Waals surface area contributed by atoms with E-state index >= 15 is 0 Å². The number of carbonyl (C=O) groups is 1. The van der Waals surface area contributed by atoms with Crippen LogP contribution in [0.25, 0.3) is 0 Å². The molecule has 0 heterocycles. The van der Waals surface area contributed by atoms with E-state index in [1.807, 2.05) is 13.0 Å². The second-order valence-corrected chi connectivity index (χ2v) is 6.19. The summed E-state index contributed by atoms with van der Waals surface area (Å²) in [5.41, 5.74) is 0. The predicted octanol–water partition coefficient (Wildman–Crippen LogP) is 6.92. The van der Waals surface area contributed by atoms with Crippen LogP contribution < -0.4 is 0 Å². The van der Waals surface area contributed by atoms with Crippen molar-refractivity contribution in [1.29, 1.82) is 0 Å². The number of ether oxygens (including phenoxy) is 1. The Bertz CT molecular complexity index is 353. The van der Waals surface area contributed by atoms with Crippen LogP contribution in [0, 0.1) is 0 Å². The van der Waals surface area contributed by atoms with Crippen LogP contribution in [0.4, 0.5) is 0 Å². The van der Waals surface area contributed by atoms with Gasteiger partial charge in [-0.15, -0.1) is 0 Å². The van der Waals surface area contributed by atoms with Crippen LogP contribution in [0.3, 0.4) is 0 Å². The molecule has 0 N–H and O–H groups in total. The average Bonchev–Trinajstić information content (AvgIpc) is 2.58. The summed E-state index contributed by atoms with van der Waals surface area (Å²) in [4.78, 5) is 11.1. The molecule has 0 rings (SSSR count). The Morgan fingerprint density at radius 2 is 1.25 bits per heavy atom. The number of hydrogen-bond acceptors (Lipinski definition) is 2. The lowest BCUT2D eigenvalue weighted by atomic mass is 10.1. The van der Waals surface area contributed by atoms with Crippen LogP contribution >= 0.6 is 0 Å². The minimum Gasteiger partial charge on any atom is -0.463 e. The van der Waals surface area contributed by atoms with Gasteiger partial charge in [0.15, 0.2) is 0 Å². The molecule has 0 radical (unpaired) electrons. The summed E-state index contributed by atoms with van der Waals surface area (Å²) in [6.45, 7) is 4.52. The largest absolute Gasteiger partial charge is 0.463 e. The van der Waals surface area contributed by atoms with E-state index in [1.165, 1.54) is 70.3 Å². The Kier molecular flexibility index (Phi) is 18.7. The van der Waals surface area contributed by atoms with E-state index in [4.69, 9.17) is 4.74 Å². The molecular weight excluding hydrogens is 296 g/mol. The van der Waals surface area contributed by atoms with Gasteiger partial charge in [-0.2, -0.15) is 0 Å². The van der Waals surface area contributed by atoms with E-state index in [1.54, 1.807) is 0 Å². The molecule has 0 fully saturated rings. The van der Waals surface area contributed by atoms with Gasteiger partial charge in [-0.3, -0.25) is 0 Å². The first kappa shape index (κ1) is 22.7. The molecule has 24 heavy (non-hydrogen) atoms. The Balaban J connectivity index is 3.32. The van der Waals surface area contributed by atoms with Gasteiger partial charge >= 0.3 is 5.97 Å². The van der Waals surface area contributed by atoms with Gasteiger partial charge in [0.1, 0.15) is 0 Å². The summed E-state index contributed by atoms with van der Waals surface area (Å²) in [7, 11) is 0. The fraction of sp³-hybridized carbons (Fsp3) is 0.682. The Labute approximate surface area is 150 Å². The molecule has 0 amide bonds. The predicted molar refractivity (Wildman–Crippen MR) is 105 cm³/mol. The third-order valence-electron chi connectivity index (χ3n) is 3.89. The van der Waals surface area contributed by atoms with Gasteiger partial charge in [0, 0.05) is 6.08 Å². The van der Waals surface area contributed by atoms with Gasteiger partial charge in [0.2, 0.25) is 0 Å². The first-order chi connectivity index (χ1) is 11.8. The minimum absolute atomic E-state index is 0.258. The van der Waals surface area contributed by atoms with Crippen LogP contribution in [-0.4, -0.2) is 12.6 Å². The second-order valence-electron chi connectivity index (χ2n) is 6.19. The summed E-state index contributed by atoms with van der Waals surface area (Å²) in [5, 5.41) is 0. The molecule has 0 bridgehead atoms. The van der Waals surface area contributed by atoms with Crippen LogP contribution in [0.2, 0.25) is 0 Å². The fourth-order valence-electron chi connectivity index (χ4n) is 2.49. The van der Waals surface area contributed by atoms with Gasteiger partial charge in [0.05, 0.1) is 6.61 Å². The maximum absolute atomic E-state index is 11.1. The van der Waals surface area contributed by atoms with Crippen molar-refractivity contribution in [3.05, 3.63) is 36.5 Å².